The van der Waals surface area contributed by atoms with E-state index in [4.69, 9.17) is 0 Å². The zero-order valence-corrected chi connectivity index (χ0v) is 85.0. The molecule has 2 nitrogen and oxygen atoms in total. The number of hydrogen-bond acceptors (Lipinski definition) is 1. The van der Waals surface area contributed by atoms with Crippen LogP contribution >= 0.6 is 0 Å². The van der Waals surface area contributed by atoms with Crippen molar-refractivity contribution in [2.24, 2.45) is 23.7 Å². The SMILES string of the molecule is CC1C2C=CC(CCCCCCCCCCCCCCCCCCCCCCCCCCCCCCCCCCCCCCCCCCCCCCCCCCCCCCCCCCCCCCCCCCCCCCCCCCCCCCCCCCCCCCCCCCCCCCCCCCCCCCCCCCCCCCCC2)C1C(=O)O. The molecule has 1 fully saturated rings. The van der Waals surface area contributed by atoms with Crippen LogP contribution in [0.5, 0.6) is 0 Å². The minimum Gasteiger partial charge on any atom is -0.481 e. The molecule has 1 saturated carbocycles. The van der Waals surface area contributed by atoms with Crippen molar-refractivity contribution in [2.75, 3.05) is 0 Å². The van der Waals surface area contributed by atoms with E-state index in [9.17, 15) is 9.90 Å². The molecule has 122 heavy (non-hydrogen) atoms. The Hall–Kier alpha value is -0.790. The van der Waals surface area contributed by atoms with Crippen LogP contribution in [-0.2, 0) is 4.79 Å². The van der Waals surface area contributed by atoms with Crippen LogP contribution in [0.25, 0.3) is 0 Å². The van der Waals surface area contributed by atoms with E-state index in [0.29, 0.717) is 5.92 Å². The third kappa shape index (κ3) is 91.1. The topological polar surface area (TPSA) is 37.3 Å². The summed E-state index contributed by atoms with van der Waals surface area (Å²) in [5.41, 5.74) is 0. The molecule has 0 radical (unpaired) electrons. The highest BCUT2D eigenvalue weighted by Gasteiger charge is 2.37. The molecule has 3 aliphatic rings. The monoisotopic (exact) mass is 1710 g/mol. The lowest BCUT2D eigenvalue weighted by molar-refractivity contribution is -0.146. The predicted molar refractivity (Wildman–Crippen MR) is 554 cm³/mol. The fourth-order valence-electron chi connectivity index (χ4n) is 22.1. The Bertz CT molecular complexity index is 1860. The summed E-state index contributed by atoms with van der Waals surface area (Å²) in [5, 5.41) is 10.4. The van der Waals surface area contributed by atoms with E-state index < -0.39 is 5.97 Å². The van der Waals surface area contributed by atoms with Gasteiger partial charge in [0, 0.05) is 0 Å². The van der Waals surface area contributed by atoms with Gasteiger partial charge in [-0.3, -0.25) is 4.79 Å². The van der Waals surface area contributed by atoms with Gasteiger partial charge in [-0.25, -0.2) is 0 Å². The van der Waals surface area contributed by atoms with Crippen LogP contribution in [0, 0.1) is 23.7 Å². The van der Waals surface area contributed by atoms with Crippen molar-refractivity contribution in [3.8, 4) is 0 Å². The van der Waals surface area contributed by atoms with Gasteiger partial charge in [-0.2, -0.15) is 0 Å². The Morgan fingerprint density at radius 3 is 0.303 bits per heavy atom. The first-order valence-electron chi connectivity index (χ1n) is 59.6. The van der Waals surface area contributed by atoms with Crippen LogP contribution in [0.4, 0.5) is 0 Å². The maximum atomic E-state index is 12.6. The number of allylic oxidation sites excluding steroid dienone is 2. The van der Waals surface area contributed by atoms with Crippen LogP contribution in [0.3, 0.4) is 0 Å². The largest absolute Gasteiger partial charge is 0.481 e. The summed E-state index contributed by atoms with van der Waals surface area (Å²) in [4.78, 5) is 12.6. The maximum absolute atomic E-state index is 12.6. The molecular weight excluding hydrogens is 1470 g/mol. The summed E-state index contributed by atoms with van der Waals surface area (Å²) in [5.74, 6) is 0.192. The summed E-state index contributed by atoms with van der Waals surface area (Å²) < 4.78 is 0. The predicted octanol–water partition coefficient (Wildman–Crippen LogP) is 44.8. The second-order valence-corrected chi connectivity index (χ2v) is 42.9. The Morgan fingerprint density at radius 2 is 0.213 bits per heavy atom. The third-order valence-corrected chi connectivity index (χ3v) is 30.9. The van der Waals surface area contributed by atoms with Crippen molar-refractivity contribution in [1.82, 2.24) is 0 Å². The van der Waals surface area contributed by atoms with E-state index in [-0.39, 0.29) is 17.8 Å². The van der Waals surface area contributed by atoms with Crippen LogP contribution in [0.15, 0.2) is 12.2 Å². The highest BCUT2D eigenvalue weighted by Crippen LogP contribution is 2.40. The highest BCUT2D eigenvalue weighted by atomic mass is 16.4. The zero-order valence-electron chi connectivity index (χ0n) is 85.0. The average Bonchev–Trinajstić information content (AvgIpc) is 0.817. The molecule has 3 rings (SSSR count). The van der Waals surface area contributed by atoms with Crippen molar-refractivity contribution >= 4 is 5.97 Å². The first-order chi connectivity index (χ1) is 60.7. The second kappa shape index (κ2) is 104. The number of aliphatic carboxylic acids is 1. The van der Waals surface area contributed by atoms with Crippen molar-refractivity contribution in [3.05, 3.63) is 12.2 Å². The minimum absolute atomic E-state index is 0.195. The summed E-state index contributed by atoms with van der Waals surface area (Å²) >= 11 is 0. The molecule has 0 aliphatic heterocycles. The average molecular weight is 1710 g/mol. The fraction of sp³-hybridized carbons (Fsp3) is 0.975. The lowest BCUT2D eigenvalue weighted by Crippen LogP contribution is -2.35. The third-order valence-electron chi connectivity index (χ3n) is 30.9. The summed E-state index contributed by atoms with van der Waals surface area (Å²) in [6.07, 6.45) is 169. The molecule has 3 aliphatic carbocycles. The number of fused-ring (bicyclic) bond motifs is 112. The number of carboxylic acid groups (broad SMARTS) is 1. The first kappa shape index (κ1) is 117. The van der Waals surface area contributed by atoms with Gasteiger partial charge in [0.05, 0.1) is 5.92 Å². The quantitative estimate of drug-likeness (QED) is 0.266. The molecular formula is C120H234O2. The van der Waals surface area contributed by atoms with Crippen LogP contribution in [-0.4, -0.2) is 11.1 Å². The van der Waals surface area contributed by atoms with E-state index in [1.165, 1.54) is 713 Å². The molecule has 2 bridgehead atoms. The molecule has 4 unspecified atom stereocenters. The molecule has 726 valence electrons. The molecule has 0 aromatic carbocycles. The number of carbonyl (C=O) groups is 1. The highest BCUT2D eigenvalue weighted by molar-refractivity contribution is 5.71. The second-order valence-electron chi connectivity index (χ2n) is 42.9. The van der Waals surface area contributed by atoms with Gasteiger partial charge in [0.1, 0.15) is 0 Å². The zero-order chi connectivity index (χ0) is 86.5. The molecule has 0 amide bonds. The first-order valence-corrected chi connectivity index (χ1v) is 59.6. The lowest BCUT2D eigenvalue weighted by atomic mass is 9.68. The fourth-order valence-corrected chi connectivity index (χ4v) is 22.1. The number of carboxylic acids is 1. The minimum atomic E-state index is -0.548. The van der Waals surface area contributed by atoms with Gasteiger partial charge in [0.15, 0.2) is 0 Å². The molecule has 1 N–H and O–H groups in total. The molecule has 0 aromatic heterocycles. The molecule has 2 heteroatoms. The van der Waals surface area contributed by atoms with Crippen molar-refractivity contribution in [2.45, 2.75) is 726 Å². The van der Waals surface area contributed by atoms with E-state index in [0.717, 1.165) is 6.42 Å². The molecule has 0 saturated heterocycles. The van der Waals surface area contributed by atoms with Crippen LogP contribution < -0.4 is 0 Å². The van der Waals surface area contributed by atoms with E-state index in [1.54, 1.807) is 0 Å². The Kier molecular flexibility index (Phi) is 99.9. The summed E-state index contributed by atoms with van der Waals surface area (Å²) in [6, 6.07) is 0. The van der Waals surface area contributed by atoms with Gasteiger partial charge < -0.3 is 5.11 Å². The van der Waals surface area contributed by atoms with Crippen molar-refractivity contribution in [3.63, 3.8) is 0 Å². The van der Waals surface area contributed by atoms with Crippen molar-refractivity contribution < 1.29 is 9.90 Å². The number of hydrogen-bond donors (Lipinski definition) is 1. The Balaban J connectivity index is 1.43. The summed E-state index contributed by atoms with van der Waals surface area (Å²) in [6.45, 7) is 2.25. The molecule has 4 atom stereocenters. The van der Waals surface area contributed by atoms with Gasteiger partial charge >= 0.3 is 5.97 Å². The lowest BCUT2D eigenvalue weighted by Gasteiger charge is -2.35. The molecule has 0 aromatic rings. The van der Waals surface area contributed by atoms with Gasteiger partial charge in [0.2, 0.25) is 0 Å². The Labute approximate surface area is 772 Å². The summed E-state index contributed by atoms with van der Waals surface area (Å²) in [7, 11) is 0. The van der Waals surface area contributed by atoms with Gasteiger partial charge in [0.25, 0.3) is 0 Å². The maximum Gasteiger partial charge on any atom is 0.307 e. The number of rotatable bonds is 1. The Morgan fingerprint density at radius 1 is 0.139 bits per heavy atom. The van der Waals surface area contributed by atoms with E-state index >= 15 is 0 Å². The van der Waals surface area contributed by atoms with Crippen LogP contribution in [0.2, 0.25) is 0 Å². The molecule has 0 spiro atoms. The van der Waals surface area contributed by atoms with E-state index in [2.05, 4.69) is 19.1 Å². The molecule has 0 heterocycles. The van der Waals surface area contributed by atoms with Gasteiger partial charge in [-0.15, -0.1) is 0 Å². The van der Waals surface area contributed by atoms with E-state index in [1.807, 2.05) is 0 Å². The van der Waals surface area contributed by atoms with Gasteiger partial charge in [-0.05, 0) is 30.6 Å². The van der Waals surface area contributed by atoms with Crippen molar-refractivity contribution in [1.29, 1.82) is 0 Å². The van der Waals surface area contributed by atoms with Crippen LogP contribution in [0.1, 0.15) is 726 Å². The normalized spacial score (nSPS) is 26.0. The smallest absolute Gasteiger partial charge is 0.307 e. The standard InChI is InChI=1S/C120H234O2/c1-116-117-112-110-108-106-104-102-100-98-96-94-92-90-88-86-84-82-80-78-76-74-72-70-68-66-64-62-60-58-56-54-52-50-48-46-44-42-40-38-36-34-32-30-28-26-24-22-20-18-16-14-12-10-8-6-4-2-3-5-7-9-11-13-15-17-19-21-23-25-27-29-31-33-35-37-39-41-43-45-47-49-51-53-55-57-59-61-63-65-67-69-71-73-75-77-79-81-83-85-87-89-91-93-95-97-99-101-103-105-107-109-111-113-118(115-114-117)119(116)120(121)122/h114-119H,2-113H2,1H3,(H,121,122). The van der Waals surface area contributed by atoms with Gasteiger partial charge in [-0.1, -0.05) is 725 Å².